The lowest BCUT2D eigenvalue weighted by Crippen LogP contribution is -2.08. The largest absolute Gasteiger partial charge is 0.367 e. The molecule has 1 aromatic rings. The van der Waals surface area contributed by atoms with Gasteiger partial charge in [-0.05, 0) is 29.4 Å². The molecule has 0 atom stereocenters. The molecule has 0 radical (unpaired) electrons. The quantitative estimate of drug-likeness (QED) is 0.858. The van der Waals surface area contributed by atoms with E-state index in [1.165, 1.54) is 5.56 Å². The predicted molar refractivity (Wildman–Crippen MR) is 83.6 cm³/mol. The van der Waals surface area contributed by atoms with E-state index in [0.29, 0.717) is 0 Å². The minimum Gasteiger partial charge on any atom is -0.367 e. The first-order valence-electron chi connectivity index (χ1n) is 6.51. The molecule has 1 aromatic carbocycles. The molecule has 2 N–H and O–H groups in total. The van der Waals surface area contributed by atoms with Crippen molar-refractivity contribution in [3.8, 4) is 0 Å². The molecule has 0 spiro atoms. The maximum atomic E-state index is 4.38. The van der Waals surface area contributed by atoms with E-state index in [2.05, 4.69) is 34.1 Å². The Hall–Kier alpha value is -2.81. The van der Waals surface area contributed by atoms with Gasteiger partial charge in [-0.2, -0.15) is 5.10 Å². The van der Waals surface area contributed by atoms with Crippen molar-refractivity contribution in [3.63, 3.8) is 0 Å². The second-order valence-electron chi connectivity index (χ2n) is 4.37. The third-order valence-electron chi connectivity index (χ3n) is 3.05. The fraction of sp³-hybridized carbons (Fsp3) is 0. The number of hydrogen-bond donors (Lipinski definition) is 2. The number of nitrogens with zero attached hydrogens (tertiary/aromatic N) is 1. The number of benzene rings is 1. The van der Waals surface area contributed by atoms with Gasteiger partial charge in [-0.1, -0.05) is 42.5 Å². The molecule has 20 heavy (non-hydrogen) atoms. The fourth-order valence-corrected chi connectivity index (χ4v) is 2.12. The Morgan fingerprint density at radius 3 is 2.65 bits per heavy atom. The van der Waals surface area contributed by atoms with Crippen LogP contribution in [0.25, 0.3) is 5.57 Å². The lowest BCUT2D eigenvalue weighted by Gasteiger charge is -2.11. The summed E-state index contributed by atoms with van der Waals surface area (Å²) in [7, 11) is 0. The van der Waals surface area contributed by atoms with Gasteiger partial charge in [-0.3, -0.25) is 5.43 Å². The van der Waals surface area contributed by atoms with E-state index in [1.807, 2.05) is 54.9 Å². The molecule has 2 aliphatic heterocycles. The summed E-state index contributed by atoms with van der Waals surface area (Å²) in [5.74, 6) is 0. The Morgan fingerprint density at radius 2 is 1.75 bits per heavy atom. The van der Waals surface area contributed by atoms with Gasteiger partial charge in [-0.15, -0.1) is 0 Å². The maximum absolute atomic E-state index is 4.38. The number of hydrogen-bond acceptors (Lipinski definition) is 3. The molecule has 98 valence electrons. The summed E-state index contributed by atoms with van der Waals surface area (Å²) in [6, 6.07) is 10.3. The molecule has 0 unspecified atom stereocenters. The van der Waals surface area contributed by atoms with Crippen LogP contribution >= 0.6 is 0 Å². The van der Waals surface area contributed by atoms with Gasteiger partial charge in [0.2, 0.25) is 0 Å². The highest BCUT2D eigenvalue weighted by Crippen LogP contribution is 2.25. The van der Waals surface area contributed by atoms with Crippen molar-refractivity contribution >= 4 is 11.3 Å². The van der Waals surface area contributed by atoms with Crippen LogP contribution in [0.4, 0.5) is 0 Å². The first-order valence-corrected chi connectivity index (χ1v) is 6.51. The predicted octanol–water partition coefficient (Wildman–Crippen LogP) is 3.10. The molecule has 2 aliphatic rings. The van der Waals surface area contributed by atoms with Crippen LogP contribution in [0, 0.1) is 0 Å². The van der Waals surface area contributed by atoms with E-state index < -0.39 is 0 Å². The van der Waals surface area contributed by atoms with Crippen molar-refractivity contribution < 1.29 is 0 Å². The monoisotopic (exact) mass is 261 g/mol. The number of rotatable bonds is 2. The Morgan fingerprint density at radius 1 is 0.850 bits per heavy atom. The van der Waals surface area contributed by atoms with Gasteiger partial charge in [0.1, 0.15) is 0 Å². The fourth-order valence-electron chi connectivity index (χ4n) is 2.12. The van der Waals surface area contributed by atoms with Gasteiger partial charge in [0, 0.05) is 24.2 Å². The van der Waals surface area contributed by atoms with E-state index in [0.717, 1.165) is 16.9 Å². The molecular weight excluding hydrogens is 246 g/mol. The highest BCUT2D eigenvalue weighted by Gasteiger charge is 2.13. The van der Waals surface area contributed by atoms with Gasteiger partial charge in [-0.25, -0.2) is 0 Å². The molecule has 3 nitrogen and oxygen atoms in total. The van der Waals surface area contributed by atoms with E-state index >= 15 is 0 Å². The summed E-state index contributed by atoms with van der Waals surface area (Å²) in [5, 5.41) is 7.54. The van der Waals surface area contributed by atoms with Gasteiger partial charge in [0.25, 0.3) is 0 Å². The minimum atomic E-state index is 0.890. The van der Waals surface area contributed by atoms with Crippen molar-refractivity contribution in [2.24, 2.45) is 5.10 Å². The van der Waals surface area contributed by atoms with Crippen LogP contribution in [0.3, 0.4) is 0 Å². The molecule has 0 aromatic heterocycles. The molecule has 0 saturated heterocycles. The summed E-state index contributed by atoms with van der Waals surface area (Å²) >= 11 is 0. The van der Waals surface area contributed by atoms with Crippen LogP contribution in [0.5, 0.6) is 0 Å². The van der Waals surface area contributed by atoms with Crippen LogP contribution < -0.4 is 10.7 Å². The topological polar surface area (TPSA) is 36.4 Å². The number of nitrogens with one attached hydrogen (secondary N) is 2. The van der Waals surface area contributed by atoms with Crippen molar-refractivity contribution in [1.82, 2.24) is 10.7 Å². The van der Waals surface area contributed by atoms with E-state index in [1.54, 1.807) is 6.20 Å². The van der Waals surface area contributed by atoms with Crippen LogP contribution in [0.15, 0.2) is 90.0 Å². The first kappa shape index (κ1) is 12.2. The second-order valence-corrected chi connectivity index (χ2v) is 4.37. The number of hydrazone groups is 1. The van der Waals surface area contributed by atoms with Gasteiger partial charge < -0.3 is 5.32 Å². The molecule has 3 heteroatoms. The van der Waals surface area contributed by atoms with Crippen LogP contribution in [-0.4, -0.2) is 5.71 Å². The number of allylic oxidation sites excluding steroid dienone is 7. The van der Waals surface area contributed by atoms with E-state index in [-0.39, 0.29) is 0 Å². The summed E-state index contributed by atoms with van der Waals surface area (Å²) in [6.45, 7) is 0. The third-order valence-corrected chi connectivity index (χ3v) is 3.05. The zero-order valence-electron chi connectivity index (χ0n) is 11.0. The highest BCUT2D eigenvalue weighted by atomic mass is 15.3. The standard InChI is InChI=1S/C17H15N3/c1-2-7-14(8-3-1)15-9-6-11-18-13-16(15)17-10-4-5-12-19-20-17/h1-13,18-19H. The minimum absolute atomic E-state index is 0.890. The van der Waals surface area contributed by atoms with Crippen molar-refractivity contribution in [1.29, 1.82) is 0 Å². The lowest BCUT2D eigenvalue weighted by molar-refractivity contribution is 0.972. The Bertz CT molecular complexity index is 659. The summed E-state index contributed by atoms with van der Waals surface area (Å²) in [4.78, 5) is 0. The van der Waals surface area contributed by atoms with Gasteiger partial charge in [0.15, 0.2) is 0 Å². The van der Waals surface area contributed by atoms with Gasteiger partial charge in [0.05, 0.1) is 5.71 Å². The molecule has 2 heterocycles. The highest BCUT2D eigenvalue weighted by molar-refractivity contribution is 6.19. The SMILES string of the molecule is C1=CNC=C(C2=NNC=CC=C2)C(c2ccccc2)=C1. The van der Waals surface area contributed by atoms with Crippen LogP contribution in [0.2, 0.25) is 0 Å². The Labute approximate surface area is 118 Å². The average Bonchev–Trinajstić information content (AvgIpc) is 2.90. The molecule has 0 aliphatic carbocycles. The normalized spacial score (nSPS) is 17.1. The van der Waals surface area contributed by atoms with Crippen molar-refractivity contribution in [3.05, 3.63) is 90.4 Å². The van der Waals surface area contributed by atoms with E-state index in [9.17, 15) is 0 Å². The zero-order chi connectivity index (χ0) is 13.6. The summed E-state index contributed by atoms with van der Waals surface area (Å²) < 4.78 is 0. The van der Waals surface area contributed by atoms with Gasteiger partial charge >= 0.3 is 0 Å². The van der Waals surface area contributed by atoms with Crippen molar-refractivity contribution in [2.75, 3.05) is 0 Å². The second kappa shape index (κ2) is 5.89. The van der Waals surface area contributed by atoms with E-state index in [4.69, 9.17) is 0 Å². The molecule has 0 amide bonds. The molecular formula is C17H15N3. The summed E-state index contributed by atoms with van der Waals surface area (Å²) in [5.41, 5.74) is 7.16. The Balaban J connectivity index is 2.04. The lowest BCUT2D eigenvalue weighted by atomic mass is 9.94. The summed E-state index contributed by atoms with van der Waals surface area (Å²) in [6.07, 6.45) is 15.7. The third kappa shape index (κ3) is 2.62. The zero-order valence-corrected chi connectivity index (χ0v) is 11.0. The average molecular weight is 261 g/mol. The maximum Gasteiger partial charge on any atom is 0.0926 e. The van der Waals surface area contributed by atoms with Crippen LogP contribution in [-0.2, 0) is 0 Å². The van der Waals surface area contributed by atoms with Crippen molar-refractivity contribution in [2.45, 2.75) is 0 Å². The molecule has 0 saturated carbocycles. The molecule has 0 bridgehead atoms. The van der Waals surface area contributed by atoms with Crippen LogP contribution in [0.1, 0.15) is 5.56 Å². The first-order chi connectivity index (χ1) is 9.95. The molecule has 3 rings (SSSR count). The molecule has 0 fully saturated rings. The smallest absolute Gasteiger partial charge is 0.0926 e. The Kier molecular flexibility index (Phi) is 3.60.